The molecule has 3 aromatic carbocycles. The number of anilines is 1. The van der Waals surface area contributed by atoms with Gasteiger partial charge in [0.25, 0.3) is 0 Å². The van der Waals surface area contributed by atoms with E-state index in [0.29, 0.717) is 5.02 Å². The molecule has 1 heterocycles. The van der Waals surface area contributed by atoms with E-state index in [0.717, 1.165) is 16.3 Å². The Balaban J connectivity index is 1.51. The molecular weight excluding hydrogens is 477 g/mol. The normalized spacial score (nSPS) is 17.6. The Morgan fingerprint density at radius 3 is 2.44 bits per heavy atom. The number of nitrogens with one attached hydrogen (secondary N) is 2. The second kappa shape index (κ2) is 9.62. The lowest BCUT2D eigenvalue weighted by atomic mass is 10.1. The van der Waals surface area contributed by atoms with Gasteiger partial charge in [0.1, 0.15) is 11.9 Å². The quantitative estimate of drug-likeness (QED) is 0.486. The maximum atomic E-state index is 14.9. The number of hydrogen-bond acceptors (Lipinski definition) is 4. The Hall–Kier alpha value is -2.52. The van der Waals surface area contributed by atoms with Crippen molar-refractivity contribution in [2.75, 3.05) is 11.4 Å². The molecule has 180 valence electrons. The van der Waals surface area contributed by atoms with Gasteiger partial charge in [-0.15, -0.1) is 0 Å². The number of hydrogen-bond donors (Lipinski definition) is 2. The Bertz CT molecular complexity index is 1350. The minimum absolute atomic E-state index is 0.0460. The Morgan fingerprint density at radius 1 is 1.03 bits per heavy atom. The number of amides is 1. The third-order valence-electron chi connectivity index (χ3n) is 5.93. The monoisotopic (exact) mass is 503 g/mol. The molecule has 34 heavy (non-hydrogen) atoms. The zero-order valence-corrected chi connectivity index (χ0v) is 20.8. The fourth-order valence-electron chi connectivity index (χ4n) is 4.25. The Kier molecular flexibility index (Phi) is 6.96. The molecule has 1 aliphatic rings. The number of carbonyl (C=O) groups excluding carboxylic acids is 1. The molecule has 0 bridgehead atoms. The van der Waals surface area contributed by atoms with Crippen LogP contribution in [0.1, 0.15) is 38.8 Å². The van der Waals surface area contributed by atoms with Crippen LogP contribution in [0.25, 0.3) is 10.8 Å². The molecule has 9 heteroatoms. The van der Waals surface area contributed by atoms with Crippen LogP contribution in [0.15, 0.2) is 59.5 Å². The molecular formula is C25H27ClFN3O3S. The molecule has 1 amide bonds. The van der Waals surface area contributed by atoms with E-state index in [4.69, 9.17) is 11.6 Å². The first-order valence-electron chi connectivity index (χ1n) is 11.1. The van der Waals surface area contributed by atoms with Gasteiger partial charge < -0.3 is 10.2 Å². The second-order valence-electron chi connectivity index (χ2n) is 8.86. The zero-order chi connectivity index (χ0) is 24.6. The van der Waals surface area contributed by atoms with Crippen LogP contribution in [0.5, 0.6) is 0 Å². The van der Waals surface area contributed by atoms with Crippen molar-refractivity contribution in [3.05, 3.63) is 71.0 Å². The van der Waals surface area contributed by atoms with Gasteiger partial charge in [-0.3, -0.25) is 4.79 Å². The van der Waals surface area contributed by atoms with Crippen LogP contribution in [0, 0.1) is 5.82 Å². The van der Waals surface area contributed by atoms with E-state index in [1.54, 1.807) is 36.4 Å². The van der Waals surface area contributed by atoms with Gasteiger partial charge >= 0.3 is 0 Å². The molecule has 0 aliphatic carbocycles. The smallest absolute Gasteiger partial charge is 0.245 e. The number of rotatable bonds is 7. The summed E-state index contributed by atoms with van der Waals surface area (Å²) in [7, 11) is -3.96. The summed E-state index contributed by atoms with van der Waals surface area (Å²) in [4.78, 5) is 14.3. The van der Waals surface area contributed by atoms with Gasteiger partial charge in [0.15, 0.2) is 0 Å². The summed E-state index contributed by atoms with van der Waals surface area (Å²) < 4.78 is 43.3. The van der Waals surface area contributed by atoms with Gasteiger partial charge in [0, 0.05) is 23.7 Å². The highest BCUT2D eigenvalue weighted by atomic mass is 35.5. The van der Waals surface area contributed by atoms with Gasteiger partial charge in [-0.05, 0) is 66.1 Å². The SMILES string of the molecule is CC(C)NC(C)c1ccc(N2CC[C@H](NS(=O)(=O)c3ccc4cc(Cl)ccc4c3)C2=O)c(F)c1. The minimum Gasteiger partial charge on any atom is -0.308 e. The molecule has 1 fully saturated rings. The molecule has 6 nitrogen and oxygen atoms in total. The first-order chi connectivity index (χ1) is 16.0. The van der Waals surface area contributed by atoms with Crippen molar-refractivity contribution >= 4 is 44.0 Å². The highest BCUT2D eigenvalue weighted by Gasteiger charge is 2.36. The lowest BCUT2D eigenvalue weighted by Gasteiger charge is -2.21. The molecule has 2 N–H and O–H groups in total. The van der Waals surface area contributed by atoms with Crippen molar-refractivity contribution in [1.29, 1.82) is 0 Å². The number of sulfonamides is 1. The maximum Gasteiger partial charge on any atom is 0.245 e. The molecule has 3 aromatic rings. The maximum absolute atomic E-state index is 14.9. The van der Waals surface area contributed by atoms with Crippen LogP contribution in [0.2, 0.25) is 5.02 Å². The number of benzene rings is 3. The van der Waals surface area contributed by atoms with Gasteiger partial charge in [0.2, 0.25) is 15.9 Å². The lowest BCUT2D eigenvalue weighted by molar-refractivity contribution is -0.118. The molecule has 2 atom stereocenters. The number of halogens is 2. The highest BCUT2D eigenvalue weighted by molar-refractivity contribution is 7.89. The van der Waals surface area contributed by atoms with E-state index in [9.17, 15) is 17.6 Å². The fourth-order valence-corrected chi connectivity index (χ4v) is 5.69. The summed E-state index contributed by atoms with van der Waals surface area (Å²) >= 11 is 5.99. The summed E-state index contributed by atoms with van der Waals surface area (Å²) in [5, 5.41) is 5.40. The van der Waals surface area contributed by atoms with Gasteiger partial charge in [-0.1, -0.05) is 43.6 Å². The minimum atomic E-state index is -3.96. The van der Waals surface area contributed by atoms with Crippen molar-refractivity contribution in [1.82, 2.24) is 10.0 Å². The number of nitrogens with zero attached hydrogens (tertiary/aromatic N) is 1. The number of fused-ring (bicyclic) bond motifs is 1. The summed E-state index contributed by atoms with van der Waals surface area (Å²) in [5.41, 5.74) is 0.922. The van der Waals surface area contributed by atoms with Crippen molar-refractivity contribution in [2.24, 2.45) is 0 Å². The summed E-state index contributed by atoms with van der Waals surface area (Å²) in [6, 6.07) is 13.9. The van der Waals surface area contributed by atoms with Crippen molar-refractivity contribution < 1.29 is 17.6 Å². The highest BCUT2D eigenvalue weighted by Crippen LogP contribution is 2.29. The predicted octanol–water partition coefficient (Wildman–Crippen LogP) is 4.78. The molecule has 0 spiro atoms. The van der Waals surface area contributed by atoms with Crippen LogP contribution in [-0.2, 0) is 14.8 Å². The molecule has 1 unspecified atom stereocenters. The summed E-state index contributed by atoms with van der Waals surface area (Å²) in [5.74, 6) is -0.990. The van der Waals surface area contributed by atoms with E-state index in [1.807, 2.05) is 20.8 Å². The second-order valence-corrected chi connectivity index (χ2v) is 11.0. The van der Waals surface area contributed by atoms with Crippen molar-refractivity contribution in [3.63, 3.8) is 0 Å². The van der Waals surface area contributed by atoms with E-state index < -0.39 is 27.8 Å². The summed E-state index contributed by atoms with van der Waals surface area (Å²) in [6.45, 7) is 6.19. The van der Waals surface area contributed by atoms with Crippen molar-refractivity contribution in [2.45, 2.75) is 50.2 Å². The Labute approximate surface area is 204 Å². The number of carbonyl (C=O) groups is 1. The zero-order valence-electron chi connectivity index (χ0n) is 19.2. The third-order valence-corrected chi connectivity index (χ3v) is 7.64. The largest absolute Gasteiger partial charge is 0.308 e. The predicted molar refractivity (Wildman–Crippen MR) is 133 cm³/mol. The molecule has 0 aromatic heterocycles. The molecule has 1 saturated heterocycles. The van der Waals surface area contributed by atoms with E-state index in [1.165, 1.54) is 23.1 Å². The average Bonchev–Trinajstić information content (AvgIpc) is 3.12. The van der Waals surface area contributed by atoms with E-state index in [2.05, 4.69) is 10.0 Å². The first-order valence-corrected chi connectivity index (χ1v) is 13.0. The van der Waals surface area contributed by atoms with Crippen LogP contribution >= 0.6 is 11.6 Å². The lowest BCUT2D eigenvalue weighted by Crippen LogP contribution is -2.41. The van der Waals surface area contributed by atoms with Crippen LogP contribution in [0.3, 0.4) is 0 Å². The van der Waals surface area contributed by atoms with Gasteiger partial charge in [-0.25, -0.2) is 12.8 Å². The van der Waals surface area contributed by atoms with Crippen LogP contribution in [-0.4, -0.2) is 33.0 Å². The van der Waals surface area contributed by atoms with E-state index in [-0.39, 0.29) is 35.6 Å². The van der Waals surface area contributed by atoms with Crippen LogP contribution in [0.4, 0.5) is 10.1 Å². The van der Waals surface area contributed by atoms with E-state index >= 15 is 0 Å². The molecule has 0 radical (unpaired) electrons. The molecule has 1 aliphatic heterocycles. The summed E-state index contributed by atoms with van der Waals surface area (Å²) in [6.07, 6.45) is 0.244. The molecule has 4 rings (SSSR count). The van der Waals surface area contributed by atoms with Crippen LogP contribution < -0.4 is 14.9 Å². The third kappa shape index (κ3) is 5.10. The fraction of sp³-hybridized carbons (Fsp3) is 0.320. The average molecular weight is 504 g/mol. The van der Waals surface area contributed by atoms with Gasteiger partial charge in [0.05, 0.1) is 10.6 Å². The van der Waals surface area contributed by atoms with Gasteiger partial charge in [-0.2, -0.15) is 4.72 Å². The standard InChI is InChI=1S/C25H27ClFN3O3S/c1-15(2)28-16(3)17-6-9-24(22(27)14-17)30-11-10-23(25(30)31)29-34(32,33)21-8-5-18-12-20(26)7-4-19(18)13-21/h4-9,12-16,23,28-29H,10-11H2,1-3H3/t16?,23-/m0/s1. The van der Waals surface area contributed by atoms with Crippen molar-refractivity contribution in [3.8, 4) is 0 Å². The Morgan fingerprint density at radius 2 is 1.74 bits per heavy atom. The topological polar surface area (TPSA) is 78.5 Å². The molecule has 0 saturated carbocycles. The first kappa shape index (κ1) is 24.6.